The van der Waals surface area contributed by atoms with Gasteiger partial charge in [-0.25, -0.2) is 0 Å². The molecule has 0 atom stereocenters. The molecule has 1 saturated heterocycles. The fourth-order valence-electron chi connectivity index (χ4n) is 2.99. The second-order valence-electron chi connectivity index (χ2n) is 6.61. The van der Waals surface area contributed by atoms with Gasteiger partial charge in [0.15, 0.2) is 5.17 Å². The summed E-state index contributed by atoms with van der Waals surface area (Å²) in [5.41, 5.74) is 0.759. The van der Waals surface area contributed by atoms with E-state index < -0.39 is 4.92 Å². The van der Waals surface area contributed by atoms with Gasteiger partial charge in [-0.15, -0.1) is 0 Å². The Bertz CT molecular complexity index is 972. The Labute approximate surface area is 165 Å². The van der Waals surface area contributed by atoms with Crippen LogP contribution in [0.5, 0.6) is 0 Å². The molecule has 2 aromatic rings. The minimum absolute atomic E-state index is 0.0270. The van der Waals surface area contributed by atoms with Crippen molar-refractivity contribution in [3.63, 3.8) is 0 Å². The first kappa shape index (κ1) is 18.5. The third-order valence-corrected chi connectivity index (χ3v) is 5.69. The lowest BCUT2D eigenvalue weighted by Gasteiger charge is -2.32. The molecule has 4 rings (SSSR count). The number of thioether (sulfide) groups is 1. The molecular weight excluding hydrogens is 380 g/mol. The topological polar surface area (TPSA) is 92.2 Å². The molecule has 9 heteroatoms. The molecule has 0 aliphatic carbocycles. The number of piperazine rings is 1. The van der Waals surface area contributed by atoms with Gasteiger partial charge in [0.2, 0.25) is 0 Å². The lowest BCUT2D eigenvalue weighted by molar-refractivity contribution is -0.384. The molecule has 0 unspecified atom stereocenters. The number of non-ortho nitro benzene ring substituents is 1. The van der Waals surface area contributed by atoms with Gasteiger partial charge in [0.1, 0.15) is 11.5 Å². The lowest BCUT2D eigenvalue weighted by atomic mass is 10.1. The van der Waals surface area contributed by atoms with Crippen LogP contribution < -0.4 is 0 Å². The first-order valence-electron chi connectivity index (χ1n) is 8.80. The summed E-state index contributed by atoms with van der Waals surface area (Å²) >= 11 is 1.37. The molecule has 28 heavy (non-hydrogen) atoms. The highest BCUT2D eigenvalue weighted by Crippen LogP contribution is 2.32. The fourth-order valence-corrected chi connectivity index (χ4v) is 3.94. The SMILES string of the molecule is CN1CCN(C2=NC(=O)/C(=C\c3ccc(-c4ccc([N+](=O)[O-])cc4)o3)S2)CC1. The second kappa shape index (κ2) is 7.61. The van der Waals surface area contributed by atoms with E-state index >= 15 is 0 Å². The predicted molar refractivity (Wildman–Crippen MR) is 108 cm³/mol. The number of nitro groups is 1. The first-order valence-corrected chi connectivity index (χ1v) is 9.62. The molecule has 1 fully saturated rings. The van der Waals surface area contributed by atoms with Crippen LogP contribution in [0.15, 0.2) is 50.7 Å². The van der Waals surface area contributed by atoms with E-state index in [2.05, 4.69) is 21.8 Å². The van der Waals surface area contributed by atoms with Crippen molar-refractivity contribution >= 4 is 34.6 Å². The molecule has 1 aromatic carbocycles. The number of furan rings is 1. The Morgan fingerprint density at radius 1 is 1.14 bits per heavy atom. The van der Waals surface area contributed by atoms with Crippen LogP contribution in [0, 0.1) is 10.1 Å². The van der Waals surface area contributed by atoms with Crippen molar-refractivity contribution in [2.75, 3.05) is 33.2 Å². The number of hydrogen-bond acceptors (Lipinski definition) is 7. The van der Waals surface area contributed by atoms with E-state index in [0.29, 0.717) is 16.4 Å². The van der Waals surface area contributed by atoms with Crippen molar-refractivity contribution in [2.24, 2.45) is 4.99 Å². The van der Waals surface area contributed by atoms with Crippen LogP contribution in [-0.4, -0.2) is 59.0 Å². The van der Waals surface area contributed by atoms with Crippen molar-refractivity contribution < 1.29 is 14.1 Å². The van der Waals surface area contributed by atoms with Gasteiger partial charge in [0, 0.05) is 50.0 Å². The van der Waals surface area contributed by atoms with E-state index in [-0.39, 0.29) is 11.6 Å². The maximum Gasteiger partial charge on any atom is 0.286 e. The average Bonchev–Trinajstić information content (AvgIpc) is 3.30. The van der Waals surface area contributed by atoms with E-state index in [1.165, 1.54) is 23.9 Å². The number of aliphatic imine (C=N–C) groups is 1. The zero-order valence-electron chi connectivity index (χ0n) is 15.2. The van der Waals surface area contributed by atoms with Gasteiger partial charge in [-0.3, -0.25) is 14.9 Å². The normalized spacial score (nSPS) is 19.3. The van der Waals surface area contributed by atoms with Crippen molar-refractivity contribution in [1.82, 2.24) is 9.80 Å². The highest BCUT2D eigenvalue weighted by molar-refractivity contribution is 8.18. The summed E-state index contributed by atoms with van der Waals surface area (Å²) in [5, 5.41) is 11.5. The maximum atomic E-state index is 12.3. The molecule has 2 aliphatic heterocycles. The summed E-state index contributed by atoms with van der Waals surface area (Å²) in [7, 11) is 2.08. The van der Waals surface area contributed by atoms with E-state index in [9.17, 15) is 14.9 Å². The minimum atomic E-state index is -0.442. The number of benzene rings is 1. The Hall–Kier alpha value is -2.91. The zero-order chi connectivity index (χ0) is 19.7. The molecule has 2 aliphatic rings. The van der Waals surface area contributed by atoms with Crippen LogP contribution in [-0.2, 0) is 4.79 Å². The zero-order valence-corrected chi connectivity index (χ0v) is 16.0. The molecule has 1 aromatic heterocycles. The Balaban J connectivity index is 1.47. The van der Waals surface area contributed by atoms with Crippen LogP contribution in [0.1, 0.15) is 5.76 Å². The van der Waals surface area contributed by atoms with Crippen molar-refractivity contribution in [2.45, 2.75) is 0 Å². The van der Waals surface area contributed by atoms with Gasteiger partial charge in [0.05, 0.1) is 9.83 Å². The first-order chi connectivity index (χ1) is 13.5. The summed E-state index contributed by atoms with van der Waals surface area (Å²) in [6.07, 6.45) is 1.69. The van der Waals surface area contributed by atoms with Crippen LogP contribution in [0.25, 0.3) is 17.4 Å². The molecule has 144 valence electrons. The van der Waals surface area contributed by atoms with Gasteiger partial charge in [-0.2, -0.15) is 4.99 Å². The number of amidine groups is 1. The molecule has 0 N–H and O–H groups in total. The largest absolute Gasteiger partial charge is 0.457 e. The third kappa shape index (κ3) is 3.85. The highest BCUT2D eigenvalue weighted by Gasteiger charge is 2.28. The lowest BCUT2D eigenvalue weighted by Crippen LogP contribution is -2.46. The van der Waals surface area contributed by atoms with E-state index in [1.807, 2.05) is 0 Å². The standard InChI is InChI=1S/C19H18N4O4S/c1-21-8-10-22(11-9-21)19-20-18(24)17(28-19)12-15-6-7-16(27-15)13-2-4-14(5-3-13)23(25)26/h2-7,12H,8-11H2,1H3/b17-12+. The Morgan fingerprint density at radius 2 is 1.86 bits per heavy atom. The predicted octanol–water partition coefficient (Wildman–Crippen LogP) is 3.07. The summed E-state index contributed by atoms with van der Waals surface area (Å²) in [5.74, 6) is 0.864. The number of hydrogen-bond donors (Lipinski definition) is 0. The monoisotopic (exact) mass is 398 g/mol. The molecule has 8 nitrogen and oxygen atoms in total. The molecule has 0 spiro atoms. The van der Waals surface area contributed by atoms with Gasteiger partial charge in [-0.1, -0.05) is 0 Å². The van der Waals surface area contributed by atoms with Crippen molar-refractivity contribution in [3.8, 4) is 11.3 Å². The minimum Gasteiger partial charge on any atom is -0.457 e. The maximum absolute atomic E-state index is 12.3. The number of carbonyl (C=O) groups is 1. The van der Waals surface area contributed by atoms with Crippen LogP contribution in [0.3, 0.4) is 0 Å². The summed E-state index contributed by atoms with van der Waals surface area (Å²) in [4.78, 5) is 31.7. The summed E-state index contributed by atoms with van der Waals surface area (Å²) in [6, 6.07) is 9.69. The average molecular weight is 398 g/mol. The smallest absolute Gasteiger partial charge is 0.286 e. The van der Waals surface area contributed by atoms with Crippen LogP contribution >= 0.6 is 11.8 Å². The number of carbonyl (C=O) groups excluding carboxylic acids is 1. The van der Waals surface area contributed by atoms with E-state index in [1.54, 1.807) is 30.3 Å². The molecule has 1 amide bonds. The fraction of sp³-hybridized carbons (Fsp3) is 0.263. The Morgan fingerprint density at radius 3 is 2.54 bits per heavy atom. The summed E-state index contributed by atoms with van der Waals surface area (Å²) in [6.45, 7) is 3.61. The number of nitro benzene ring substituents is 1. The third-order valence-electron chi connectivity index (χ3n) is 4.65. The van der Waals surface area contributed by atoms with Gasteiger partial charge in [-0.05, 0) is 43.1 Å². The van der Waals surface area contributed by atoms with Gasteiger partial charge < -0.3 is 14.2 Å². The molecule has 0 radical (unpaired) electrons. The molecule has 3 heterocycles. The van der Waals surface area contributed by atoms with Crippen LogP contribution in [0.2, 0.25) is 0 Å². The number of nitrogens with zero attached hydrogens (tertiary/aromatic N) is 4. The van der Waals surface area contributed by atoms with Gasteiger partial charge >= 0.3 is 0 Å². The van der Waals surface area contributed by atoms with Crippen LogP contribution in [0.4, 0.5) is 5.69 Å². The van der Waals surface area contributed by atoms with E-state index in [0.717, 1.165) is 36.9 Å². The van der Waals surface area contributed by atoms with Crippen molar-refractivity contribution in [3.05, 3.63) is 57.2 Å². The Kier molecular flexibility index (Phi) is 5.01. The quantitative estimate of drug-likeness (QED) is 0.446. The number of likely N-dealkylation sites (N-methyl/N-ethyl adjacent to an activating group) is 1. The van der Waals surface area contributed by atoms with Gasteiger partial charge in [0.25, 0.3) is 11.6 Å². The molecule has 0 bridgehead atoms. The second-order valence-corrected chi connectivity index (χ2v) is 7.62. The van der Waals surface area contributed by atoms with Crippen molar-refractivity contribution in [1.29, 1.82) is 0 Å². The highest BCUT2D eigenvalue weighted by atomic mass is 32.2. The summed E-state index contributed by atoms with van der Waals surface area (Å²) < 4.78 is 5.79. The van der Waals surface area contributed by atoms with E-state index in [4.69, 9.17) is 4.42 Å². The molecule has 0 saturated carbocycles. The number of amides is 1. The molecular formula is C19H18N4O4S. The number of rotatable bonds is 3.